The molecule has 0 saturated carbocycles. The second-order valence-electron chi connectivity index (χ2n) is 5.54. The third kappa shape index (κ3) is 3.23. The molecule has 1 heterocycles. The maximum atomic E-state index is 10.9. The molecule has 0 unspecified atom stereocenters. The van der Waals surface area contributed by atoms with E-state index in [9.17, 15) is 9.59 Å². The normalized spacial score (nSPS) is 10.4. The van der Waals surface area contributed by atoms with E-state index in [1.54, 1.807) is 6.07 Å². The Kier molecular flexibility index (Phi) is 4.26. The lowest BCUT2D eigenvalue weighted by molar-refractivity contribution is -0.140. The van der Waals surface area contributed by atoms with Gasteiger partial charge in [0.15, 0.2) is 5.57 Å². The van der Waals surface area contributed by atoms with Crippen molar-refractivity contribution in [2.45, 2.75) is 0 Å². The Balaban J connectivity index is 1.97. The van der Waals surface area contributed by atoms with Crippen LogP contribution in [0.2, 0.25) is 0 Å². The van der Waals surface area contributed by atoms with Crippen LogP contribution in [0.4, 0.5) is 5.69 Å². The summed E-state index contributed by atoms with van der Waals surface area (Å²) in [6.45, 7) is 0. The van der Waals surface area contributed by atoms with Crippen LogP contribution in [-0.2, 0) is 16.6 Å². The summed E-state index contributed by atoms with van der Waals surface area (Å²) >= 11 is 0. The van der Waals surface area contributed by atoms with Crippen LogP contribution in [0.5, 0.6) is 0 Å². The summed E-state index contributed by atoms with van der Waals surface area (Å²) in [4.78, 5) is 21.8. The molecule has 1 aromatic heterocycles. The van der Waals surface area contributed by atoms with E-state index < -0.39 is 17.5 Å². The molecule has 0 fully saturated rings. The maximum absolute atomic E-state index is 10.9. The largest absolute Gasteiger partial charge is 0.477 e. The number of aliphatic carboxylic acids is 2. The van der Waals surface area contributed by atoms with Gasteiger partial charge in [0.2, 0.25) is 0 Å². The van der Waals surface area contributed by atoms with Crippen molar-refractivity contribution in [3.05, 3.63) is 66.4 Å². The molecule has 2 aromatic carbocycles. The van der Waals surface area contributed by atoms with Crippen LogP contribution < -0.4 is 5.32 Å². The molecule has 0 amide bonds. The van der Waals surface area contributed by atoms with E-state index >= 15 is 0 Å². The van der Waals surface area contributed by atoms with Crippen LogP contribution >= 0.6 is 0 Å². The molecule has 0 saturated heterocycles. The van der Waals surface area contributed by atoms with Crippen molar-refractivity contribution in [1.29, 1.82) is 0 Å². The highest BCUT2D eigenvalue weighted by Gasteiger charge is 2.15. The molecule has 0 aliphatic carbocycles. The van der Waals surface area contributed by atoms with E-state index in [0.29, 0.717) is 5.69 Å². The molecule has 3 rings (SSSR count). The van der Waals surface area contributed by atoms with Crippen molar-refractivity contribution in [1.82, 2.24) is 4.57 Å². The van der Waals surface area contributed by atoms with Crippen molar-refractivity contribution in [2.24, 2.45) is 7.05 Å². The first-order valence-electron chi connectivity index (χ1n) is 7.55. The average molecular weight is 336 g/mol. The van der Waals surface area contributed by atoms with Crippen molar-refractivity contribution in [3.8, 4) is 11.3 Å². The van der Waals surface area contributed by atoms with Gasteiger partial charge in [-0.25, -0.2) is 9.59 Å². The van der Waals surface area contributed by atoms with E-state index in [0.717, 1.165) is 28.4 Å². The number of fused-ring (bicyclic) bond motifs is 1. The lowest BCUT2D eigenvalue weighted by Crippen LogP contribution is -2.12. The zero-order valence-electron chi connectivity index (χ0n) is 13.4. The van der Waals surface area contributed by atoms with Gasteiger partial charge in [-0.2, -0.15) is 0 Å². The van der Waals surface area contributed by atoms with Gasteiger partial charge in [-0.1, -0.05) is 30.3 Å². The Bertz CT molecular complexity index is 971. The van der Waals surface area contributed by atoms with Crippen LogP contribution in [0.25, 0.3) is 22.2 Å². The zero-order valence-corrected chi connectivity index (χ0v) is 13.4. The number of rotatable bonds is 5. The number of benzene rings is 2. The summed E-state index contributed by atoms with van der Waals surface area (Å²) in [5, 5.41) is 21.4. The van der Waals surface area contributed by atoms with E-state index in [-0.39, 0.29) is 0 Å². The molecule has 0 aliphatic rings. The first-order valence-corrected chi connectivity index (χ1v) is 7.55. The third-order valence-corrected chi connectivity index (χ3v) is 3.96. The lowest BCUT2D eigenvalue weighted by atomic mass is 10.1. The molecule has 0 atom stereocenters. The lowest BCUT2D eigenvalue weighted by Gasteiger charge is -2.05. The standard InChI is InChI=1S/C19H16N2O4/c1-21-16-8-7-14(20-11-15(18(22)23)19(24)25)9-13(16)10-17(21)12-5-3-2-4-6-12/h2-11,20H,1H3,(H,22,23)(H,24,25). The second-order valence-corrected chi connectivity index (χ2v) is 5.54. The highest BCUT2D eigenvalue weighted by atomic mass is 16.4. The number of hydrogen-bond donors (Lipinski definition) is 3. The van der Waals surface area contributed by atoms with Gasteiger partial charge in [-0.05, 0) is 29.8 Å². The van der Waals surface area contributed by atoms with Gasteiger partial charge >= 0.3 is 11.9 Å². The van der Waals surface area contributed by atoms with Gasteiger partial charge in [0.25, 0.3) is 0 Å². The summed E-state index contributed by atoms with van der Waals surface area (Å²) in [5.41, 5.74) is 3.05. The summed E-state index contributed by atoms with van der Waals surface area (Å²) in [6, 6.07) is 17.5. The van der Waals surface area contributed by atoms with Gasteiger partial charge in [0.1, 0.15) is 0 Å². The van der Waals surface area contributed by atoms with E-state index in [1.165, 1.54) is 0 Å². The minimum Gasteiger partial charge on any atom is -0.477 e. The predicted octanol–water partition coefficient (Wildman–Crippen LogP) is 3.31. The molecule has 3 aromatic rings. The minimum absolute atomic E-state index is 0.609. The van der Waals surface area contributed by atoms with Crippen LogP contribution in [0.1, 0.15) is 0 Å². The molecule has 6 heteroatoms. The van der Waals surface area contributed by atoms with E-state index in [2.05, 4.69) is 9.88 Å². The molecule has 6 nitrogen and oxygen atoms in total. The predicted molar refractivity (Wildman–Crippen MR) is 95.3 cm³/mol. The fourth-order valence-corrected chi connectivity index (χ4v) is 2.70. The van der Waals surface area contributed by atoms with Crippen LogP contribution in [0.3, 0.4) is 0 Å². The quantitative estimate of drug-likeness (QED) is 0.378. The van der Waals surface area contributed by atoms with E-state index in [1.807, 2.05) is 55.6 Å². The molecule has 0 spiro atoms. The maximum Gasteiger partial charge on any atom is 0.344 e. The SMILES string of the molecule is Cn1c(-c2ccccc2)cc2cc(NC=C(C(=O)O)C(=O)O)ccc21. The molecule has 0 bridgehead atoms. The molecular weight excluding hydrogens is 320 g/mol. The number of anilines is 1. The summed E-state index contributed by atoms with van der Waals surface area (Å²) in [7, 11) is 1.98. The third-order valence-electron chi connectivity index (χ3n) is 3.96. The number of aromatic nitrogens is 1. The number of hydrogen-bond acceptors (Lipinski definition) is 3. The Morgan fingerprint density at radius 3 is 2.32 bits per heavy atom. The Hall–Kier alpha value is -3.54. The van der Waals surface area contributed by atoms with E-state index in [4.69, 9.17) is 10.2 Å². The summed E-state index contributed by atoms with van der Waals surface area (Å²) < 4.78 is 2.07. The first kappa shape index (κ1) is 16.3. The number of nitrogens with one attached hydrogen (secondary N) is 1. The first-order chi connectivity index (χ1) is 12.0. The Labute approximate surface area is 143 Å². The summed E-state index contributed by atoms with van der Waals surface area (Å²) in [5.74, 6) is -2.99. The van der Waals surface area contributed by atoms with Crippen LogP contribution in [0, 0.1) is 0 Å². The molecule has 126 valence electrons. The highest BCUT2D eigenvalue weighted by molar-refractivity contribution is 6.12. The van der Waals surface area contributed by atoms with Gasteiger partial charge in [0, 0.05) is 35.5 Å². The monoisotopic (exact) mass is 336 g/mol. The second kappa shape index (κ2) is 6.52. The molecular formula is C19H16N2O4. The smallest absolute Gasteiger partial charge is 0.344 e. The van der Waals surface area contributed by atoms with Crippen molar-refractivity contribution in [3.63, 3.8) is 0 Å². The van der Waals surface area contributed by atoms with Gasteiger partial charge in [-0.3, -0.25) is 0 Å². The van der Waals surface area contributed by atoms with Crippen LogP contribution in [0.15, 0.2) is 66.4 Å². The van der Waals surface area contributed by atoms with Gasteiger partial charge in [0.05, 0.1) is 0 Å². The number of carboxylic acid groups (broad SMARTS) is 2. The van der Waals surface area contributed by atoms with Crippen LogP contribution in [-0.4, -0.2) is 26.7 Å². The summed E-state index contributed by atoms with van der Waals surface area (Å²) in [6.07, 6.45) is 0.979. The zero-order chi connectivity index (χ0) is 18.0. The van der Waals surface area contributed by atoms with Crippen molar-refractivity contribution >= 4 is 28.5 Å². The highest BCUT2D eigenvalue weighted by Crippen LogP contribution is 2.29. The number of carbonyl (C=O) groups is 2. The molecule has 0 radical (unpaired) electrons. The Morgan fingerprint density at radius 2 is 1.68 bits per heavy atom. The minimum atomic E-state index is -1.49. The van der Waals surface area contributed by atoms with Crippen molar-refractivity contribution in [2.75, 3.05) is 5.32 Å². The van der Waals surface area contributed by atoms with Gasteiger partial charge < -0.3 is 20.1 Å². The Morgan fingerprint density at radius 1 is 1.00 bits per heavy atom. The fraction of sp³-hybridized carbons (Fsp3) is 0.0526. The number of nitrogens with zero attached hydrogens (tertiary/aromatic N) is 1. The molecule has 25 heavy (non-hydrogen) atoms. The topological polar surface area (TPSA) is 91.6 Å². The molecule has 3 N–H and O–H groups in total. The number of aryl methyl sites for hydroxylation is 1. The van der Waals surface area contributed by atoms with Crippen molar-refractivity contribution < 1.29 is 19.8 Å². The van der Waals surface area contributed by atoms with Gasteiger partial charge in [-0.15, -0.1) is 0 Å². The number of carboxylic acids is 2. The fourth-order valence-electron chi connectivity index (χ4n) is 2.70. The average Bonchev–Trinajstić information content (AvgIpc) is 2.91. The molecule has 0 aliphatic heterocycles.